The van der Waals surface area contributed by atoms with E-state index in [1.807, 2.05) is 0 Å². The quantitative estimate of drug-likeness (QED) is 0.761. The molecule has 0 heterocycles. The molecule has 0 amide bonds. The Kier molecular flexibility index (Phi) is 6.40. The molecular weight excluding hydrogens is 328 g/mol. The zero-order valence-corrected chi connectivity index (χ0v) is 13.9. The molecule has 2 nitrogen and oxygen atoms in total. The average molecular weight is 350 g/mol. The van der Waals surface area contributed by atoms with Crippen molar-refractivity contribution in [3.8, 4) is 5.75 Å². The molecule has 0 aliphatic heterocycles. The van der Waals surface area contributed by atoms with Crippen LogP contribution in [0, 0.1) is 11.3 Å². The second-order valence-electron chi connectivity index (χ2n) is 5.88. The van der Waals surface area contributed by atoms with Crippen LogP contribution in [0.15, 0.2) is 22.7 Å². The van der Waals surface area contributed by atoms with Crippen LogP contribution in [0.4, 0.5) is 8.78 Å². The topological polar surface area (TPSA) is 21.3 Å². The van der Waals surface area contributed by atoms with Gasteiger partial charge in [-0.05, 0) is 29.5 Å². The third-order valence-electron chi connectivity index (χ3n) is 3.70. The summed E-state index contributed by atoms with van der Waals surface area (Å²) in [4.78, 5) is 0. The highest BCUT2D eigenvalue weighted by atomic mass is 79.9. The van der Waals surface area contributed by atoms with Crippen molar-refractivity contribution in [2.45, 2.75) is 40.9 Å². The van der Waals surface area contributed by atoms with Crippen LogP contribution in [0.2, 0.25) is 0 Å². The van der Waals surface area contributed by atoms with Crippen molar-refractivity contribution in [3.05, 3.63) is 28.2 Å². The van der Waals surface area contributed by atoms with Crippen molar-refractivity contribution < 1.29 is 13.5 Å². The Morgan fingerprint density at radius 3 is 2.50 bits per heavy atom. The molecule has 5 heteroatoms. The van der Waals surface area contributed by atoms with Gasteiger partial charge in [-0.25, -0.2) is 0 Å². The maximum Gasteiger partial charge on any atom is 0.387 e. The molecule has 0 atom stereocenters. The van der Waals surface area contributed by atoms with Crippen LogP contribution in [0.3, 0.4) is 0 Å². The molecule has 114 valence electrons. The van der Waals surface area contributed by atoms with Gasteiger partial charge in [0.1, 0.15) is 5.75 Å². The smallest absolute Gasteiger partial charge is 0.387 e. The second kappa shape index (κ2) is 7.36. The summed E-state index contributed by atoms with van der Waals surface area (Å²) in [6, 6.07) is 5.05. The Bertz CT molecular complexity index is 436. The minimum atomic E-state index is -2.80. The number of rotatable bonds is 7. The fourth-order valence-corrected chi connectivity index (χ4v) is 2.03. The van der Waals surface area contributed by atoms with Crippen LogP contribution in [-0.4, -0.2) is 13.2 Å². The lowest BCUT2D eigenvalue weighted by Gasteiger charge is -2.29. The molecular formula is C15H22BrF2NO. The third-order valence-corrected chi connectivity index (χ3v) is 4.19. The van der Waals surface area contributed by atoms with Crippen LogP contribution in [-0.2, 0) is 6.54 Å². The lowest BCUT2D eigenvalue weighted by atomic mass is 9.81. The molecule has 0 saturated carbocycles. The summed E-state index contributed by atoms with van der Waals surface area (Å²) in [6.07, 6.45) is 0. The van der Waals surface area contributed by atoms with E-state index in [-0.39, 0.29) is 11.2 Å². The molecule has 1 N–H and O–H groups in total. The molecule has 0 spiro atoms. The molecule has 0 bridgehead atoms. The van der Waals surface area contributed by atoms with E-state index >= 15 is 0 Å². The first kappa shape index (κ1) is 17.4. The zero-order chi connectivity index (χ0) is 15.3. The molecule has 0 radical (unpaired) electrons. The highest BCUT2D eigenvalue weighted by Gasteiger charge is 2.21. The maximum absolute atomic E-state index is 12.4. The summed E-state index contributed by atoms with van der Waals surface area (Å²) in [5.74, 6) is 0.757. The number of hydrogen-bond acceptors (Lipinski definition) is 2. The lowest BCUT2D eigenvalue weighted by Crippen LogP contribution is -2.33. The van der Waals surface area contributed by atoms with Crippen molar-refractivity contribution in [3.63, 3.8) is 0 Å². The SMILES string of the molecule is CC(C)C(C)(C)CNCc1cc(Br)ccc1OC(F)F. The Morgan fingerprint density at radius 1 is 1.30 bits per heavy atom. The van der Waals surface area contributed by atoms with Crippen molar-refractivity contribution in [2.24, 2.45) is 11.3 Å². The van der Waals surface area contributed by atoms with E-state index in [1.54, 1.807) is 18.2 Å². The van der Waals surface area contributed by atoms with E-state index in [9.17, 15) is 8.78 Å². The number of halogens is 3. The molecule has 0 saturated heterocycles. The largest absolute Gasteiger partial charge is 0.434 e. The summed E-state index contributed by atoms with van der Waals surface area (Å²) < 4.78 is 30.1. The molecule has 1 rings (SSSR count). The van der Waals surface area contributed by atoms with Crippen molar-refractivity contribution in [2.75, 3.05) is 6.54 Å². The number of alkyl halides is 2. The van der Waals surface area contributed by atoms with Gasteiger partial charge in [-0.15, -0.1) is 0 Å². The highest BCUT2D eigenvalue weighted by Crippen LogP contribution is 2.27. The van der Waals surface area contributed by atoms with Gasteiger partial charge in [0.2, 0.25) is 0 Å². The highest BCUT2D eigenvalue weighted by molar-refractivity contribution is 9.10. The van der Waals surface area contributed by atoms with Gasteiger partial charge in [0.05, 0.1) is 0 Å². The monoisotopic (exact) mass is 349 g/mol. The molecule has 0 aliphatic rings. The number of ether oxygens (including phenoxy) is 1. The first-order valence-corrected chi connectivity index (χ1v) is 7.45. The van der Waals surface area contributed by atoms with E-state index in [2.05, 4.69) is 53.7 Å². The van der Waals surface area contributed by atoms with Gasteiger partial charge in [-0.1, -0.05) is 43.6 Å². The van der Waals surface area contributed by atoms with E-state index in [4.69, 9.17) is 0 Å². The predicted molar refractivity (Wildman–Crippen MR) is 81.1 cm³/mol. The van der Waals surface area contributed by atoms with E-state index in [0.717, 1.165) is 16.6 Å². The van der Waals surface area contributed by atoms with Gasteiger partial charge in [0, 0.05) is 23.1 Å². The van der Waals surface area contributed by atoms with Crippen LogP contribution >= 0.6 is 15.9 Å². The van der Waals surface area contributed by atoms with Gasteiger partial charge in [-0.2, -0.15) is 8.78 Å². The molecule has 0 unspecified atom stereocenters. The van der Waals surface area contributed by atoms with Crippen LogP contribution in [0.5, 0.6) is 5.75 Å². The summed E-state index contributed by atoms with van der Waals surface area (Å²) >= 11 is 3.35. The normalized spacial score (nSPS) is 12.2. The Balaban J connectivity index is 2.69. The van der Waals surface area contributed by atoms with Gasteiger partial charge >= 0.3 is 6.61 Å². The zero-order valence-electron chi connectivity index (χ0n) is 12.3. The second-order valence-corrected chi connectivity index (χ2v) is 6.79. The Labute approximate surface area is 128 Å². The van der Waals surface area contributed by atoms with Crippen molar-refractivity contribution in [1.82, 2.24) is 5.32 Å². The number of benzene rings is 1. The van der Waals surface area contributed by atoms with Gasteiger partial charge in [0.25, 0.3) is 0 Å². The van der Waals surface area contributed by atoms with Crippen LogP contribution in [0.25, 0.3) is 0 Å². The summed E-state index contributed by atoms with van der Waals surface area (Å²) in [5, 5.41) is 3.32. The molecule has 1 aromatic carbocycles. The molecule has 1 aromatic rings. The maximum atomic E-state index is 12.4. The lowest BCUT2D eigenvalue weighted by molar-refractivity contribution is -0.0505. The first-order chi connectivity index (χ1) is 9.22. The third kappa shape index (κ3) is 5.37. The van der Waals surface area contributed by atoms with Gasteiger partial charge in [-0.3, -0.25) is 0 Å². The minimum Gasteiger partial charge on any atom is -0.434 e. The van der Waals surface area contributed by atoms with Crippen LogP contribution in [0.1, 0.15) is 33.3 Å². The molecule has 0 fully saturated rings. The van der Waals surface area contributed by atoms with Gasteiger partial charge in [0.15, 0.2) is 0 Å². The Morgan fingerprint density at radius 2 is 1.95 bits per heavy atom. The Hall–Kier alpha value is -0.680. The van der Waals surface area contributed by atoms with E-state index in [1.165, 1.54) is 0 Å². The van der Waals surface area contributed by atoms with Crippen LogP contribution < -0.4 is 10.1 Å². The summed E-state index contributed by atoms with van der Waals surface area (Å²) in [6.45, 7) is 7.22. The standard InChI is InChI=1S/C15H22BrF2NO/c1-10(2)15(3,4)9-19-8-11-7-12(16)5-6-13(11)20-14(17)18/h5-7,10,14,19H,8-9H2,1-4H3. The molecule has 20 heavy (non-hydrogen) atoms. The van der Waals surface area contributed by atoms with Crippen molar-refractivity contribution in [1.29, 1.82) is 0 Å². The average Bonchev–Trinajstić information content (AvgIpc) is 2.31. The number of nitrogens with one attached hydrogen (secondary N) is 1. The van der Waals surface area contributed by atoms with E-state index < -0.39 is 6.61 Å². The fraction of sp³-hybridized carbons (Fsp3) is 0.600. The fourth-order valence-electron chi connectivity index (χ4n) is 1.62. The minimum absolute atomic E-state index is 0.149. The molecule has 0 aliphatic carbocycles. The van der Waals surface area contributed by atoms with Crippen molar-refractivity contribution >= 4 is 15.9 Å². The predicted octanol–water partition coefficient (Wildman–Crippen LogP) is 4.82. The summed E-state index contributed by atoms with van der Waals surface area (Å²) in [5.41, 5.74) is 0.870. The molecule has 0 aromatic heterocycles. The first-order valence-electron chi connectivity index (χ1n) is 6.66. The van der Waals surface area contributed by atoms with Gasteiger partial charge < -0.3 is 10.1 Å². The summed E-state index contributed by atoms with van der Waals surface area (Å²) in [7, 11) is 0. The van der Waals surface area contributed by atoms with E-state index in [0.29, 0.717) is 12.5 Å². The number of hydrogen-bond donors (Lipinski definition) is 1.